The van der Waals surface area contributed by atoms with Crippen molar-refractivity contribution in [2.75, 3.05) is 0 Å². The van der Waals surface area contributed by atoms with Crippen LogP contribution >= 0.6 is 23.2 Å². The van der Waals surface area contributed by atoms with Crippen molar-refractivity contribution in [2.24, 2.45) is 0 Å². The average Bonchev–Trinajstić information content (AvgIpc) is 3.02. The lowest BCUT2D eigenvalue weighted by molar-refractivity contribution is 0.360. The Morgan fingerprint density at radius 1 is 1.17 bits per heavy atom. The van der Waals surface area contributed by atoms with Crippen molar-refractivity contribution in [3.63, 3.8) is 0 Å². The lowest BCUT2D eigenvalue weighted by Gasteiger charge is -2.14. The highest BCUT2D eigenvalue weighted by Crippen LogP contribution is 2.26. The summed E-state index contributed by atoms with van der Waals surface area (Å²) in [5.41, 5.74) is 1.62. The second-order valence-electron chi connectivity index (χ2n) is 5.29. The summed E-state index contributed by atoms with van der Waals surface area (Å²) in [6, 6.07) is 11.3. The van der Waals surface area contributed by atoms with Gasteiger partial charge >= 0.3 is 0 Å². The summed E-state index contributed by atoms with van der Waals surface area (Å²) < 4.78 is 18.2. The van der Waals surface area contributed by atoms with Crippen LogP contribution < -0.4 is 5.32 Å². The minimum absolute atomic E-state index is 0.0177. The molecule has 0 bridgehead atoms. The summed E-state index contributed by atoms with van der Waals surface area (Å²) in [7, 11) is 0. The predicted octanol–water partition coefficient (Wildman–Crippen LogP) is 5.03. The summed E-state index contributed by atoms with van der Waals surface area (Å²) in [6.45, 7) is 2.36. The van der Waals surface area contributed by atoms with Gasteiger partial charge in [0.25, 0.3) is 0 Å². The van der Waals surface area contributed by atoms with E-state index in [0.29, 0.717) is 33.9 Å². The van der Waals surface area contributed by atoms with Crippen LogP contribution in [-0.2, 0) is 6.54 Å². The molecular formula is C17H14Cl2FN3O. The second kappa shape index (κ2) is 7.30. The molecular weight excluding hydrogens is 352 g/mol. The number of hydrogen-bond acceptors (Lipinski definition) is 4. The van der Waals surface area contributed by atoms with E-state index < -0.39 is 0 Å². The third-order valence-electron chi connectivity index (χ3n) is 3.56. The molecule has 0 saturated carbocycles. The molecule has 0 aliphatic heterocycles. The Morgan fingerprint density at radius 2 is 1.92 bits per heavy atom. The molecule has 0 saturated heterocycles. The van der Waals surface area contributed by atoms with Crippen LogP contribution in [-0.4, -0.2) is 10.1 Å². The van der Waals surface area contributed by atoms with Gasteiger partial charge in [-0.1, -0.05) is 34.4 Å². The van der Waals surface area contributed by atoms with Crippen molar-refractivity contribution in [1.82, 2.24) is 15.5 Å². The maximum atomic E-state index is 12.9. The Kier molecular flexibility index (Phi) is 5.14. The molecule has 3 rings (SSSR count). The van der Waals surface area contributed by atoms with Crippen molar-refractivity contribution >= 4 is 23.2 Å². The fraction of sp³-hybridized carbons (Fsp3) is 0.176. The fourth-order valence-corrected chi connectivity index (χ4v) is 2.82. The molecule has 0 amide bonds. The van der Waals surface area contributed by atoms with E-state index in [1.165, 1.54) is 12.1 Å². The molecule has 0 aliphatic carbocycles. The molecule has 1 heterocycles. The SMILES string of the molecule is C[C@@H](NCc1nc(-c2ccc(F)cc2)no1)c1ccc(Cl)cc1Cl. The Labute approximate surface area is 148 Å². The number of benzene rings is 2. The van der Waals surface area contributed by atoms with Crippen molar-refractivity contribution < 1.29 is 8.91 Å². The molecule has 124 valence electrons. The van der Waals surface area contributed by atoms with Gasteiger partial charge in [0.05, 0.1) is 6.54 Å². The molecule has 0 spiro atoms. The molecule has 4 nitrogen and oxygen atoms in total. The quantitative estimate of drug-likeness (QED) is 0.688. The number of nitrogens with one attached hydrogen (secondary N) is 1. The Hall–Kier alpha value is -1.95. The van der Waals surface area contributed by atoms with E-state index in [2.05, 4.69) is 15.5 Å². The Morgan fingerprint density at radius 3 is 2.62 bits per heavy atom. The summed E-state index contributed by atoms with van der Waals surface area (Å²) in [5.74, 6) is 0.549. The van der Waals surface area contributed by atoms with Gasteiger partial charge in [-0.3, -0.25) is 0 Å². The minimum atomic E-state index is -0.308. The average molecular weight is 366 g/mol. The fourth-order valence-electron chi connectivity index (χ4n) is 2.25. The maximum Gasteiger partial charge on any atom is 0.240 e. The number of halogens is 3. The zero-order valence-electron chi connectivity index (χ0n) is 12.8. The zero-order valence-corrected chi connectivity index (χ0v) is 14.3. The van der Waals surface area contributed by atoms with Gasteiger partial charge in [0.1, 0.15) is 5.82 Å². The molecule has 3 aromatic rings. The van der Waals surface area contributed by atoms with Crippen molar-refractivity contribution in [3.05, 3.63) is 69.8 Å². The molecule has 1 aromatic heterocycles. The van der Waals surface area contributed by atoms with Crippen LogP contribution in [0, 0.1) is 5.82 Å². The molecule has 2 aromatic carbocycles. The van der Waals surface area contributed by atoms with Crippen molar-refractivity contribution in [2.45, 2.75) is 19.5 Å². The first-order valence-electron chi connectivity index (χ1n) is 7.30. The van der Waals surface area contributed by atoms with E-state index in [9.17, 15) is 4.39 Å². The third kappa shape index (κ3) is 3.93. The number of aromatic nitrogens is 2. The van der Waals surface area contributed by atoms with Gasteiger partial charge in [-0.25, -0.2) is 4.39 Å². The molecule has 1 N–H and O–H groups in total. The lowest BCUT2D eigenvalue weighted by Crippen LogP contribution is -2.18. The van der Waals surface area contributed by atoms with Gasteiger partial charge in [-0.05, 0) is 48.9 Å². The van der Waals surface area contributed by atoms with E-state index in [1.54, 1.807) is 24.3 Å². The second-order valence-corrected chi connectivity index (χ2v) is 6.13. The van der Waals surface area contributed by atoms with Crippen molar-refractivity contribution in [3.8, 4) is 11.4 Å². The smallest absolute Gasteiger partial charge is 0.240 e. The number of nitrogens with zero attached hydrogens (tertiary/aromatic N) is 2. The van der Waals surface area contributed by atoms with E-state index in [-0.39, 0.29) is 11.9 Å². The molecule has 0 fully saturated rings. The van der Waals surface area contributed by atoms with Crippen LogP contribution in [0.15, 0.2) is 47.0 Å². The summed E-state index contributed by atoms with van der Waals surface area (Å²) in [5, 5.41) is 8.36. The van der Waals surface area contributed by atoms with E-state index in [4.69, 9.17) is 27.7 Å². The first kappa shape index (κ1) is 16.9. The van der Waals surface area contributed by atoms with Crippen molar-refractivity contribution in [1.29, 1.82) is 0 Å². The zero-order chi connectivity index (χ0) is 17.1. The van der Waals surface area contributed by atoms with Crippen LogP contribution in [0.2, 0.25) is 10.0 Å². The highest BCUT2D eigenvalue weighted by Gasteiger charge is 2.13. The van der Waals surface area contributed by atoms with E-state index in [0.717, 1.165) is 5.56 Å². The van der Waals surface area contributed by atoms with Crippen LogP contribution in [0.1, 0.15) is 24.4 Å². The molecule has 0 radical (unpaired) electrons. The summed E-state index contributed by atoms with van der Waals surface area (Å²) in [6.07, 6.45) is 0. The Bertz CT molecular complexity index is 836. The van der Waals surface area contributed by atoms with Crippen LogP contribution in [0.25, 0.3) is 11.4 Å². The predicted molar refractivity (Wildman–Crippen MR) is 91.4 cm³/mol. The van der Waals surface area contributed by atoms with Gasteiger partial charge in [-0.2, -0.15) is 4.98 Å². The topological polar surface area (TPSA) is 51.0 Å². The highest BCUT2D eigenvalue weighted by atomic mass is 35.5. The van der Waals surface area contributed by atoms with Gasteiger partial charge in [-0.15, -0.1) is 0 Å². The minimum Gasteiger partial charge on any atom is -0.338 e. The number of rotatable bonds is 5. The Balaban J connectivity index is 1.65. The first-order valence-corrected chi connectivity index (χ1v) is 8.05. The third-order valence-corrected chi connectivity index (χ3v) is 4.12. The lowest BCUT2D eigenvalue weighted by atomic mass is 10.1. The summed E-state index contributed by atoms with van der Waals surface area (Å²) in [4.78, 5) is 4.30. The normalized spacial score (nSPS) is 12.3. The summed E-state index contributed by atoms with van der Waals surface area (Å²) >= 11 is 12.1. The molecule has 0 unspecified atom stereocenters. The van der Waals surface area contributed by atoms with Gasteiger partial charge in [0.15, 0.2) is 0 Å². The largest absolute Gasteiger partial charge is 0.338 e. The van der Waals surface area contributed by atoms with E-state index in [1.807, 2.05) is 13.0 Å². The van der Waals surface area contributed by atoms with Gasteiger partial charge in [0, 0.05) is 21.7 Å². The van der Waals surface area contributed by atoms with Crippen LogP contribution in [0.4, 0.5) is 4.39 Å². The monoisotopic (exact) mass is 365 g/mol. The van der Waals surface area contributed by atoms with Gasteiger partial charge in [0.2, 0.25) is 11.7 Å². The van der Waals surface area contributed by atoms with E-state index >= 15 is 0 Å². The van der Waals surface area contributed by atoms with Gasteiger partial charge < -0.3 is 9.84 Å². The molecule has 0 aliphatic rings. The number of hydrogen-bond donors (Lipinski definition) is 1. The molecule has 7 heteroatoms. The standard InChI is InChI=1S/C17H14Cl2FN3O/c1-10(14-7-4-12(18)8-15(14)19)21-9-16-22-17(23-24-16)11-2-5-13(20)6-3-11/h2-8,10,21H,9H2,1H3/t10-/m1/s1. The highest BCUT2D eigenvalue weighted by molar-refractivity contribution is 6.35. The van der Waals surface area contributed by atoms with Crippen LogP contribution in [0.3, 0.4) is 0 Å². The first-order chi connectivity index (χ1) is 11.5. The molecule has 24 heavy (non-hydrogen) atoms. The maximum absolute atomic E-state index is 12.9. The molecule has 1 atom stereocenters. The van der Waals surface area contributed by atoms with Crippen LogP contribution in [0.5, 0.6) is 0 Å².